The molecule has 0 unspecified atom stereocenters. The molecule has 12 rings (SSSR count). The van der Waals surface area contributed by atoms with Crippen molar-refractivity contribution in [1.82, 2.24) is 0 Å². The summed E-state index contributed by atoms with van der Waals surface area (Å²) in [6.45, 7) is 0. The highest BCUT2D eigenvalue weighted by Crippen LogP contribution is 2.45. The molecule has 61 heavy (non-hydrogen) atoms. The van der Waals surface area contributed by atoms with Crippen molar-refractivity contribution in [3.63, 3.8) is 0 Å². The third-order valence-corrected chi connectivity index (χ3v) is 12.1. The van der Waals surface area contributed by atoms with Gasteiger partial charge in [0.2, 0.25) is 0 Å². The average Bonchev–Trinajstić information content (AvgIpc) is 3.91. The number of furan rings is 2. The molecule has 0 spiro atoms. The van der Waals surface area contributed by atoms with Gasteiger partial charge in [-0.1, -0.05) is 170 Å². The second-order valence-electron chi connectivity index (χ2n) is 15.7. The molecule has 10 aromatic carbocycles. The fourth-order valence-corrected chi connectivity index (χ4v) is 9.09. The number of anilines is 3. The Bertz CT molecular complexity index is 3560. The van der Waals surface area contributed by atoms with Gasteiger partial charge in [0.25, 0.3) is 0 Å². The minimum atomic E-state index is 0.846. The van der Waals surface area contributed by atoms with Gasteiger partial charge in [-0.2, -0.15) is 0 Å². The summed E-state index contributed by atoms with van der Waals surface area (Å²) in [6, 6.07) is 79.8. The maximum absolute atomic E-state index is 6.81. The maximum atomic E-state index is 6.81. The van der Waals surface area contributed by atoms with E-state index in [4.69, 9.17) is 8.83 Å². The van der Waals surface area contributed by atoms with Gasteiger partial charge in [0.15, 0.2) is 0 Å². The molecule has 0 radical (unpaired) electrons. The van der Waals surface area contributed by atoms with Crippen LogP contribution in [0.15, 0.2) is 233 Å². The summed E-state index contributed by atoms with van der Waals surface area (Å²) in [4.78, 5) is 2.36. The molecule has 2 heterocycles. The standard InChI is InChI=1S/C58H37NO2/c1-3-12-38(13-4-1)45-30-35-54-52(37-45)56-53(22-11-23-55(56)60-54)59(46-31-26-40(27-32-46)44-25-24-39-14-7-8-17-43(39)36-44)47-33-28-42(29-34-47)49-19-10-21-51-50-20-9-18-48(57(50)61-58(49)51)41-15-5-2-6-16-41/h1-37H. The molecule has 0 aliphatic rings. The fraction of sp³-hybridized carbons (Fsp3) is 0. The van der Waals surface area contributed by atoms with Gasteiger partial charge in [-0.25, -0.2) is 0 Å². The van der Waals surface area contributed by atoms with E-state index in [0.717, 1.165) is 88.8 Å². The molecule has 0 N–H and O–H groups in total. The van der Waals surface area contributed by atoms with Crippen LogP contribution in [0.3, 0.4) is 0 Å². The molecule has 0 atom stereocenters. The normalized spacial score (nSPS) is 11.6. The highest BCUT2D eigenvalue weighted by Gasteiger charge is 2.21. The SMILES string of the molecule is c1ccc(-c2ccc3oc4cccc(N(c5ccc(-c6ccc7ccccc7c6)cc5)c5ccc(-c6cccc7c6oc6c(-c8ccccc8)cccc67)cc5)c4c3c2)cc1. The van der Waals surface area contributed by atoms with Crippen LogP contribution in [0.1, 0.15) is 0 Å². The van der Waals surface area contributed by atoms with Crippen LogP contribution in [0.25, 0.3) is 99.2 Å². The van der Waals surface area contributed by atoms with E-state index in [9.17, 15) is 0 Å². The van der Waals surface area contributed by atoms with Crippen molar-refractivity contribution < 1.29 is 8.83 Å². The van der Waals surface area contributed by atoms with E-state index in [-0.39, 0.29) is 0 Å². The van der Waals surface area contributed by atoms with E-state index in [1.54, 1.807) is 0 Å². The number of fused-ring (bicyclic) bond motifs is 7. The lowest BCUT2D eigenvalue weighted by Gasteiger charge is -2.26. The van der Waals surface area contributed by atoms with Crippen molar-refractivity contribution >= 4 is 71.7 Å². The number of hydrogen-bond acceptors (Lipinski definition) is 3. The Hall–Kier alpha value is -8.14. The second kappa shape index (κ2) is 14.3. The Kier molecular flexibility index (Phi) is 8.17. The molecule has 0 saturated carbocycles. The summed E-state index contributed by atoms with van der Waals surface area (Å²) < 4.78 is 13.4. The van der Waals surface area contributed by atoms with Crippen LogP contribution in [0, 0.1) is 0 Å². The lowest BCUT2D eigenvalue weighted by atomic mass is 9.99. The summed E-state index contributed by atoms with van der Waals surface area (Å²) in [7, 11) is 0. The molecule has 0 aliphatic carbocycles. The first-order valence-electron chi connectivity index (χ1n) is 20.7. The van der Waals surface area contributed by atoms with Gasteiger partial charge < -0.3 is 13.7 Å². The highest BCUT2D eigenvalue weighted by molar-refractivity contribution is 6.15. The van der Waals surface area contributed by atoms with Crippen molar-refractivity contribution in [2.75, 3.05) is 4.90 Å². The van der Waals surface area contributed by atoms with Crippen molar-refractivity contribution in [1.29, 1.82) is 0 Å². The van der Waals surface area contributed by atoms with E-state index < -0.39 is 0 Å². The minimum Gasteiger partial charge on any atom is -0.456 e. The summed E-state index contributed by atoms with van der Waals surface area (Å²) in [5.74, 6) is 0. The third-order valence-electron chi connectivity index (χ3n) is 12.1. The first-order valence-corrected chi connectivity index (χ1v) is 20.7. The van der Waals surface area contributed by atoms with E-state index in [0.29, 0.717) is 0 Å². The van der Waals surface area contributed by atoms with Crippen LogP contribution < -0.4 is 4.90 Å². The zero-order valence-corrected chi connectivity index (χ0v) is 33.1. The van der Waals surface area contributed by atoms with Gasteiger partial charge in [-0.15, -0.1) is 0 Å². The summed E-state index contributed by atoms with van der Waals surface area (Å²) in [5, 5.41) is 6.84. The smallest absolute Gasteiger partial charge is 0.143 e. The average molecular weight is 780 g/mol. The fourth-order valence-electron chi connectivity index (χ4n) is 9.09. The molecule has 0 amide bonds. The van der Waals surface area contributed by atoms with Crippen LogP contribution >= 0.6 is 0 Å². The lowest BCUT2D eigenvalue weighted by Crippen LogP contribution is -2.10. The molecule has 3 heteroatoms. The lowest BCUT2D eigenvalue weighted by molar-refractivity contribution is 0.669. The molecule has 2 aromatic heterocycles. The van der Waals surface area contributed by atoms with Gasteiger partial charge in [0.05, 0.1) is 11.1 Å². The molecule has 0 saturated heterocycles. The Labute approximate surface area is 353 Å². The Morgan fingerprint density at radius 3 is 1.51 bits per heavy atom. The largest absolute Gasteiger partial charge is 0.456 e. The molecular weight excluding hydrogens is 743 g/mol. The number of rotatable bonds is 7. The molecule has 12 aromatic rings. The Balaban J connectivity index is 1.00. The van der Waals surface area contributed by atoms with E-state index in [1.807, 2.05) is 6.07 Å². The Morgan fingerprint density at radius 1 is 0.295 bits per heavy atom. The molecule has 3 nitrogen and oxygen atoms in total. The molecule has 0 aliphatic heterocycles. The molecule has 286 valence electrons. The van der Waals surface area contributed by atoms with E-state index in [2.05, 4.69) is 223 Å². The van der Waals surface area contributed by atoms with Gasteiger partial charge >= 0.3 is 0 Å². The molecular formula is C58H37NO2. The summed E-state index contributed by atoms with van der Waals surface area (Å²) in [6.07, 6.45) is 0. The molecule has 0 fully saturated rings. The number of para-hydroxylation sites is 2. The van der Waals surface area contributed by atoms with Crippen LogP contribution in [0.2, 0.25) is 0 Å². The quantitative estimate of drug-likeness (QED) is 0.161. The van der Waals surface area contributed by atoms with Gasteiger partial charge in [-0.05, 0) is 98.8 Å². The van der Waals surface area contributed by atoms with Crippen LogP contribution in [-0.4, -0.2) is 0 Å². The second-order valence-corrected chi connectivity index (χ2v) is 15.7. The predicted molar refractivity (Wildman–Crippen MR) is 255 cm³/mol. The third kappa shape index (κ3) is 5.98. The van der Waals surface area contributed by atoms with Gasteiger partial charge in [-0.3, -0.25) is 0 Å². The predicted octanol–water partition coefficient (Wildman–Crippen LogP) is 16.8. The first kappa shape index (κ1) is 34.9. The van der Waals surface area contributed by atoms with Crippen molar-refractivity contribution in [2.24, 2.45) is 0 Å². The summed E-state index contributed by atoms with van der Waals surface area (Å²) >= 11 is 0. The van der Waals surface area contributed by atoms with Gasteiger partial charge in [0.1, 0.15) is 22.3 Å². The van der Waals surface area contributed by atoms with Crippen molar-refractivity contribution in [3.05, 3.63) is 224 Å². The number of benzene rings is 10. The monoisotopic (exact) mass is 779 g/mol. The topological polar surface area (TPSA) is 29.5 Å². The van der Waals surface area contributed by atoms with Crippen LogP contribution in [-0.2, 0) is 0 Å². The van der Waals surface area contributed by atoms with E-state index in [1.165, 1.54) is 27.5 Å². The minimum absolute atomic E-state index is 0.846. The van der Waals surface area contributed by atoms with Gasteiger partial charge in [0, 0.05) is 38.7 Å². The Morgan fingerprint density at radius 2 is 0.820 bits per heavy atom. The zero-order chi connectivity index (χ0) is 40.3. The number of nitrogens with zero attached hydrogens (tertiary/aromatic N) is 1. The number of hydrogen-bond donors (Lipinski definition) is 0. The first-order chi connectivity index (χ1) is 30.2. The van der Waals surface area contributed by atoms with Crippen LogP contribution in [0.4, 0.5) is 17.1 Å². The van der Waals surface area contributed by atoms with Crippen LogP contribution in [0.5, 0.6) is 0 Å². The van der Waals surface area contributed by atoms with Crippen molar-refractivity contribution in [2.45, 2.75) is 0 Å². The zero-order valence-electron chi connectivity index (χ0n) is 33.1. The van der Waals surface area contributed by atoms with Crippen molar-refractivity contribution in [3.8, 4) is 44.5 Å². The summed E-state index contributed by atoms with van der Waals surface area (Å²) in [5.41, 5.74) is 15.7. The maximum Gasteiger partial charge on any atom is 0.143 e. The highest BCUT2D eigenvalue weighted by atomic mass is 16.3. The molecule has 0 bridgehead atoms. The van der Waals surface area contributed by atoms with E-state index >= 15 is 0 Å².